The Labute approximate surface area is 95.3 Å². The SMILES string of the molecule is CCN(Cc1cccc(F)c1)C(=O)CNC. The van der Waals surface area contributed by atoms with E-state index >= 15 is 0 Å². The van der Waals surface area contributed by atoms with Crippen molar-refractivity contribution >= 4 is 5.91 Å². The summed E-state index contributed by atoms with van der Waals surface area (Å²) >= 11 is 0. The second-order valence-corrected chi connectivity index (χ2v) is 3.57. The summed E-state index contributed by atoms with van der Waals surface area (Å²) in [7, 11) is 1.73. The van der Waals surface area contributed by atoms with Crippen LogP contribution >= 0.6 is 0 Å². The number of amides is 1. The van der Waals surface area contributed by atoms with Crippen molar-refractivity contribution in [3.05, 3.63) is 35.6 Å². The van der Waals surface area contributed by atoms with Gasteiger partial charge in [-0.05, 0) is 31.7 Å². The van der Waals surface area contributed by atoms with E-state index in [4.69, 9.17) is 0 Å². The number of halogens is 1. The lowest BCUT2D eigenvalue weighted by Gasteiger charge is -2.20. The third-order valence-corrected chi connectivity index (χ3v) is 2.32. The summed E-state index contributed by atoms with van der Waals surface area (Å²) in [5, 5.41) is 2.81. The van der Waals surface area contributed by atoms with E-state index in [1.165, 1.54) is 12.1 Å². The molecule has 0 radical (unpaired) electrons. The van der Waals surface area contributed by atoms with Gasteiger partial charge < -0.3 is 10.2 Å². The Kier molecular flexibility index (Phi) is 4.92. The van der Waals surface area contributed by atoms with Crippen molar-refractivity contribution in [2.75, 3.05) is 20.1 Å². The van der Waals surface area contributed by atoms with Gasteiger partial charge in [0, 0.05) is 13.1 Å². The van der Waals surface area contributed by atoms with Crippen LogP contribution in [0.25, 0.3) is 0 Å². The van der Waals surface area contributed by atoms with Crippen molar-refractivity contribution < 1.29 is 9.18 Å². The van der Waals surface area contributed by atoms with E-state index in [2.05, 4.69) is 5.32 Å². The van der Waals surface area contributed by atoms with Crippen molar-refractivity contribution in [2.45, 2.75) is 13.5 Å². The van der Waals surface area contributed by atoms with Crippen LogP contribution in [0.1, 0.15) is 12.5 Å². The number of carbonyl (C=O) groups excluding carboxylic acids is 1. The van der Waals surface area contributed by atoms with Crippen LogP contribution in [0.3, 0.4) is 0 Å². The summed E-state index contributed by atoms with van der Waals surface area (Å²) < 4.78 is 13.0. The summed E-state index contributed by atoms with van der Waals surface area (Å²) in [6.45, 7) is 3.29. The molecule has 0 aliphatic carbocycles. The van der Waals surface area contributed by atoms with Crippen LogP contribution in [0.5, 0.6) is 0 Å². The van der Waals surface area contributed by atoms with Crippen molar-refractivity contribution in [1.29, 1.82) is 0 Å². The molecule has 88 valence electrons. The lowest BCUT2D eigenvalue weighted by atomic mass is 10.2. The fourth-order valence-electron chi connectivity index (χ4n) is 1.50. The Morgan fingerprint density at radius 3 is 2.81 bits per heavy atom. The first kappa shape index (κ1) is 12.6. The zero-order valence-electron chi connectivity index (χ0n) is 9.66. The molecule has 1 rings (SSSR count). The van der Waals surface area contributed by atoms with Crippen LogP contribution in [-0.4, -0.2) is 30.9 Å². The van der Waals surface area contributed by atoms with Crippen LogP contribution in [-0.2, 0) is 11.3 Å². The van der Waals surface area contributed by atoms with E-state index in [-0.39, 0.29) is 11.7 Å². The van der Waals surface area contributed by atoms with Crippen LogP contribution in [0.2, 0.25) is 0 Å². The molecule has 0 fully saturated rings. The van der Waals surface area contributed by atoms with Gasteiger partial charge in [-0.3, -0.25) is 4.79 Å². The van der Waals surface area contributed by atoms with E-state index < -0.39 is 0 Å². The van der Waals surface area contributed by atoms with Crippen LogP contribution in [0.15, 0.2) is 24.3 Å². The summed E-state index contributed by atoms with van der Waals surface area (Å²) in [5.74, 6) is -0.246. The second-order valence-electron chi connectivity index (χ2n) is 3.57. The highest BCUT2D eigenvalue weighted by Crippen LogP contribution is 2.07. The predicted molar refractivity (Wildman–Crippen MR) is 61.4 cm³/mol. The van der Waals surface area contributed by atoms with Gasteiger partial charge in [0.25, 0.3) is 0 Å². The van der Waals surface area contributed by atoms with Crippen molar-refractivity contribution in [3.8, 4) is 0 Å². The Morgan fingerprint density at radius 2 is 2.25 bits per heavy atom. The normalized spacial score (nSPS) is 10.2. The van der Waals surface area contributed by atoms with E-state index in [0.29, 0.717) is 19.6 Å². The average molecular weight is 224 g/mol. The molecule has 0 saturated heterocycles. The second kappa shape index (κ2) is 6.23. The molecule has 0 aromatic heterocycles. The summed E-state index contributed by atoms with van der Waals surface area (Å²) in [5.41, 5.74) is 0.811. The molecule has 0 saturated carbocycles. The quantitative estimate of drug-likeness (QED) is 0.819. The lowest BCUT2D eigenvalue weighted by Crippen LogP contribution is -2.36. The first-order valence-corrected chi connectivity index (χ1v) is 5.34. The Hall–Kier alpha value is -1.42. The molecule has 3 nitrogen and oxygen atoms in total. The fourth-order valence-corrected chi connectivity index (χ4v) is 1.50. The van der Waals surface area contributed by atoms with Gasteiger partial charge in [0.2, 0.25) is 5.91 Å². The standard InChI is InChI=1S/C12H17FN2O/c1-3-15(12(16)8-14-2)9-10-5-4-6-11(13)7-10/h4-7,14H,3,8-9H2,1-2H3. The predicted octanol–water partition coefficient (Wildman–Crippen LogP) is 1.39. The molecule has 0 spiro atoms. The lowest BCUT2D eigenvalue weighted by molar-refractivity contribution is -0.130. The number of hydrogen-bond donors (Lipinski definition) is 1. The zero-order chi connectivity index (χ0) is 12.0. The van der Waals surface area contributed by atoms with Gasteiger partial charge in [-0.2, -0.15) is 0 Å². The molecule has 0 aliphatic rings. The summed E-state index contributed by atoms with van der Waals surface area (Å²) in [6.07, 6.45) is 0. The Balaban J connectivity index is 2.66. The summed E-state index contributed by atoms with van der Waals surface area (Å²) in [6, 6.07) is 6.32. The molecule has 0 bridgehead atoms. The van der Waals surface area contributed by atoms with Gasteiger partial charge in [-0.1, -0.05) is 12.1 Å². The van der Waals surface area contributed by atoms with E-state index in [1.54, 1.807) is 18.0 Å². The molecule has 0 aliphatic heterocycles. The third-order valence-electron chi connectivity index (χ3n) is 2.32. The highest BCUT2D eigenvalue weighted by Gasteiger charge is 2.10. The maximum absolute atomic E-state index is 13.0. The molecule has 0 heterocycles. The minimum atomic E-state index is -0.269. The fraction of sp³-hybridized carbons (Fsp3) is 0.417. The van der Waals surface area contributed by atoms with Crippen LogP contribution < -0.4 is 5.32 Å². The number of nitrogens with zero attached hydrogens (tertiary/aromatic N) is 1. The minimum absolute atomic E-state index is 0.0225. The molecular weight excluding hydrogens is 207 g/mol. The molecule has 0 atom stereocenters. The molecule has 16 heavy (non-hydrogen) atoms. The summed E-state index contributed by atoms with van der Waals surface area (Å²) in [4.78, 5) is 13.3. The van der Waals surface area contributed by atoms with Gasteiger partial charge in [0.15, 0.2) is 0 Å². The van der Waals surface area contributed by atoms with E-state index in [1.807, 2.05) is 13.0 Å². The van der Waals surface area contributed by atoms with Crippen molar-refractivity contribution in [2.24, 2.45) is 0 Å². The van der Waals surface area contributed by atoms with Crippen molar-refractivity contribution in [1.82, 2.24) is 10.2 Å². The zero-order valence-corrected chi connectivity index (χ0v) is 9.66. The molecule has 1 N–H and O–H groups in total. The molecule has 4 heteroatoms. The number of hydrogen-bond acceptors (Lipinski definition) is 2. The van der Waals surface area contributed by atoms with Gasteiger partial charge in [-0.15, -0.1) is 0 Å². The van der Waals surface area contributed by atoms with Gasteiger partial charge in [0.05, 0.1) is 6.54 Å². The molecule has 1 aromatic rings. The van der Waals surface area contributed by atoms with Gasteiger partial charge >= 0.3 is 0 Å². The van der Waals surface area contributed by atoms with E-state index in [0.717, 1.165) is 5.56 Å². The van der Waals surface area contributed by atoms with Crippen LogP contribution in [0.4, 0.5) is 4.39 Å². The monoisotopic (exact) mass is 224 g/mol. The topological polar surface area (TPSA) is 32.3 Å². The number of likely N-dealkylation sites (N-methyl/N-ethyl adjacent to an activating group) is 2. The average Bonchev–Trinajstić information content (AvgIpc) is 2.26. The highest BCUT2D eigenvalue weighted by molar-refractivity contribution is 5.78. The number of carbonyl (C=O) groups is 1. The number of nitrogens with one attached hydrogen (secondary N) is 1. The van der Waals surface area contributed by atoms with E-state index in [9.17, 15) is 9.18 Å². The maximum atomic E-state index is 13.0. The number of rotatable bonds is 5. The number of benzene rings is 1. The van der Waals surface area contributed by atoms with Gasteiger partial charge in [-0.25, -0.2) is 4.39 Å². The molecule has 1 amide bonds. The molecule has 1 aromatic carbocycles. The highest BCUT2D eigenvalue weighted by atomic mass is 19.1. The minimum Gasteiger partial charge on any atom is -0.338 e. The Morgan fingerprint density at radius 1 is 1.50 bits per heavy atom. The van der Waals surface area contributed by atoms with Gasteiger partial charge in [0.1, 0.15) is 5.82 Å². The largest absolute Gasteiger partial charge is 0.338 e. The smallest absolute Gasteiger partial charge is 0.236 e. The van der Waals surface area contributed by atoms with Crippen LogP contribution in [0, 0.1) is 5.82 Å². The Bertz CT molecular complexity index is 355. The van der Waals surface area contributed by atoms with Crippen molar-refractivity contribution in [3.63, 3.8) is 0 Å². The first-order valence-electron chi connectivity index (χ1n) is 5.34. The third kappa shape index (κ3) is 3.62. The molecule has 0 unspecified atom stereocenters. The molecular formula is C12H17FN2O. The maximum Gasteiger partial charge on any atom is 0.236 e. The first-order chi connectivity index (χ1) is 7.67.